The van der Waals surface area contributed by atoms with Gasteiger partial charge in [0.15, 0.2) is 0 Å². The van der Waals surface area contributed by atoms with Gasteiger partial charge >= 0.3 is 0 Å². The lowest BCUT2D eigenvalue weighted by molar-refractivity contribution is 0.583. The van der Waals surface area contributed by atoms with Crippen molar-refractivity contribution in [1.82, 2.24) is 4.72 Å². The van der Waals surface area contributed by atoms with Crippen molar-refractivity contribution < 1.29 is 16.8 Å². The number of benzene rings is 1. The van der Waals surface area contributed by atoms with Gasteiger partial charge < -0.3 is 0 Å². The van der Waals surface area contributed by atoms with Crippen molar-refractivity contribution in [3.05, 3.63) is 45.9 Å². The lowest BCUT2D eigenvalue weighted by Crippen LogP contribution is -2.22. The summed E-state index contributed by atoms with van der Waals surface area (Å²) in [6, 6.07) is 6.99. The molecule has 0 atom stereocenters. The van der Waals surface area contributed by atoms with E-state index in [0.717, 1.165) is 6.07 Å². The number of nitrogens with two attached hydrogens (primary N) is 1. The molecule has 6 nitrogen and oxygen atoms in total. The summed E-state index contributed by atoms with van der Waals surface area (Å²) in [7, 11) is -7.79. The SMILES string of the molecule is NS(=O)(=O)c1ccc(S(=O)(=O)NCc2cc(Cl)cc(Cl)c2)s1. The van der Waals surface area contributed by atoms with Crippen LogP contribution < -0.4 is 9.86 Å². The lowest BCUT2D eigenvalue weighted by Gasteiger charge is -2.06. The molecule has 0 fully saturated rings. The zero-order chi connectivity index (χ0) is 16.5. The van der Waals surface area contributed by atoms with Gasteiger partial charge in [-0.25, -0.2) is 26.7 Å². The van der Waals surface area contributed by atoms with Crippen LogP contribution in [0.3, 0.4) is 0 Å². The van der Waals surface area contributed by atoms with Gasteiger partial charge in [-0.2, -0.15) is 0 Å². The number of nitrogens with one attached hydrogen (secondary N) is 1. The Morgan fingerprint density at radius 2 is 1.55 bits per heavy atom. The first kappa shape index (κ1) is 17.7. The van der Waals surface area contributed by atoms with E-state index in [2.05, 4.69) is 4.72 Å². The zero-order valence-corrected chi connectivity index (χ0v) is 14.7. The second-order valence-corrected chi connectivity index (χ2v) is 9.96. The largest absolute Gasteiger partial charge is 0.250 e. The monoisotopic (exact) mass is 400 g/mol. The number of primary sulfonamides is 1. The third-order valence-electron chi connectivity index (χ3n) is 2.49. The van der Waals surface area contributed by atoms with Crippen LogP contribution in [0, 0.1) is 0 Å². The molecular formula is C11H10Cl2N2O4S3. The average Bonchev–Trinajstić information content (AvgIpc) is 2.85. The molecular weight excluding hydrogens is 391 g/mol. The Hall–Kier alpha value is -0.680. The van der Waals surface area contributed by atoms with Crippen LogP contribution in [0.2, 0.25) is 10.0 Å². The molecule has 1 aromatic heterocycles. The van der Waals surface area contributed by atoms with Crippen molar-refractivity contribution in [2.75, 3.05) is 0 Å². The molecule has 2 aromatic rings. The number of hydrogen-bond acceptors (Lipinski definition) is 5. The van der Waals surface area contributed by atoms with Crippen molar-refractivity contribution in [3.8, 4) is 0 Å². The van der Waals surface area contributed by atoms with Crippen molar-refractivity contribution in [1.29, 1.82) is 0 Å². The van der Waals surface area contributed by atoms with E-state index in [9.17, 15) is 16.8 Å². The van der Waals surface area contributed by atoms with Crippen LogP contribution in [0.25, 0.3) is 0 Å². The second-order valence-electron chi connectivity index (χ2n) is 4.22. The van der Waals surface area contributed by atoms with E-state index in [-0.39, 0.29) is 15.0 Å². The number of halogens is 2. The average molecular weight is 401 g/mol. The molecule has 0 aliphatic carbocycles. The molecule has 0 bridgehead atoms. The fourth-order valence-corrected chi connectivity index (χ4v) is 5.39. The van der Waals surface area contributed by atoms with Crippen LogP contribution in [0.4, 0.5) is 0 Å². The summed E-state index contributed by atoms with van der Waals surface area (Å²) in [6.07, 6.45) is 0. The minimum Gasteiger partial charge on any atom is -0.224 e. The Bertz CT molecular complexity index is 887. The number of sulfonamides is 2. The van der Waals surface area contributed by atoms with E-state index in [1.54, 1.807) is 12.1 Å². The van der Waals surface area contributed by atoms with Gasteiger partial charge in [-0.3, -0.25) is 0 Å². The van der Waals surface area contributed by atoms with Crippen LogP contribution >= 0.6 is 34.5 Å². The van der Waals surface area contributed by atoms with Crippen molar-refractivity contribution >= 4 is 54.6 Å². The fourth-order valence-electron chi connectivity index (χ4n) is 1.56. The number of rotatable bonds is 5. The Morgan fingerprint density at radius 1 is 1.00 bits per heavy atom. The summed E-state index contributed by atoms with van der Waals surface area (Å²) < 4.78 is 48.5. The molecule has 22 heavy (non-hydrogen) atoms. The Labute approximate surface area is 142 Å². The third kappa shape index (κ3) is 4.42. The summed E-state index contributed by atoms with van der Waals surface area (Å²) in [5.74, 6) is 0. The molecule has 1 aromatic carbocycles. The lowest BCUT2D eigenvalue weighted by atomic mass is 10.2. The molecule has 120 valence electrons. The van der Waals surface area contributed by atoms with E-state index in [1.807, 2.05) is 0 Å². The zero-order valence-electron chi connectivity index (χ0n) is 10.8. The summed E-state index contributed by atoms with van der Waals surface area (Å²) >= 11 is 12.2. The first-order valence-electron chi connectivity index (χ1n) is 5.65. The molecule has 0 radical (unpaired) electrons. The van der Waals surface area contributed by atoms with Crippen LogP contribution in [0.1, 0.15) is 5.56 Å². The van der Waals surface area contributed by atoms with E-state index in [1.165, 1.54) is 12.1 Å². The van der Waals surface area contributed by atoms with Crippen LogP contribution in [-0.4, -0.2) is 16.8 Å². The Kier molecular flexibility index (Phi) is 5.17. The number of thiophene rings is 1. The van der Waals surface area contributed by atoms with Gasteiger partial charge in [0.25, 0.3) is 0 Å². The highest BCUT2D eigenvalue weighted by atomic mass is 35.5. The fraction of sp³-hybridized carbons (Fsp3) is 0.0909. The van der Waals surface area contributed by atoms with Gasteiger partial charge in [-0.05, 0) is 35.9 Å². The smallest absolute Gasteiger partial charge is 0.224 e. The predicted molar refractivity (Wildman–Crippen MR) is 86.2 cm³/mol. The molecule has 2 rings (SSSR count). The highest BCUT2D eigenvalue weighted by Gasteiger charge is 2.20. The Morgan fingerprint density at radius 3 is 2.05 bits per heavy atom. The van der Waals surface area contributed by atoms with Gasteiger partial charge in [0.2, 0.25) is 20.0 Å². The van der Waals surface area contributed by atoms with E-state index in [0.29, 0.717) is 26.9 Å². The summed E-state index contributed by atoms with van der Waals surface area (Å²) in [5, 5.41) is 5.72. The van der Waals surface area contributed by atoms with Gasteiger partial charge in [-0.15, -0.1) is 11.3 Å². The molecule has 0 amide bonds. The van der Waals surface area contributed by atoms with Gasteiger partial charge in [0, 0.05) is 16.6 Å². The summed E-state index contributed by atoms with van der Waals surface area (Å²) in [5.41, 5.74) is 0.573. The van der Waals surface area contributed by atoms with Crippen LogP contribution in [0.5, 0.6) is 0 Å². The molecule has 0 saturated carbocycles. The molecule has 0 aliphatic heterocycles. The molecule has 0 saturated heterocycles. The highest BCUT2D eigenvalue weighted by Crippen LogP contribution is 2.25. The van der Waals surface area contributed by atoms with Crippen molar-refractivity contribution in [2.24, 2.45) is 5.14 Å². The van der Waals surface area contributed by atoms with Gasteiger partial charge in [0.05, 0.1) is 0 Å². The minimum absolute atomic E-state index is 0.0365. The quantitative estimate of drug-likeness (QED) is 0.801. The minimum atomic E-state index is -3.93. The standard InChI is InChI=1S/C11H10Cl2N2O4S3/c12-8-3-7(4-9(13)5-8)6-15-22(18,19)11-2-1-10(20-11)21(14,16)17/h1-5,15H,6H2,(H2,14,16,17). The molecule has 0 spiro atoms. The topological polar surface area (TPSA) is 106 Å². The first-order chi connectivity index (χ1) is 10.1. The van der Waals surface area contributed by atoms with Gasteiger partial charge in [0.1, 0.15) is 8.42 Å². The second kappa shape index (κ2) is 6.44. The van der Waals surface area contributed by atoms with Crippen LogP contribution in [-0.2, 0) is 26.6 Å². The van der Waals surface area contributed by atoms with Gasteiger partial charge in [-0.1, -0.05) is 23.2 Å². The van der Waals surface area contributed by atoms with Crippen LogP contribution in [0.15, 0.2) is 38.8 Å². The maximum atomic E-state index is 12.1. The van der Waals surface area contributed by atoms with Crippen molar-refractivity contribution in [2.45, 2.75) is 15.0 Å². The molecule has 0 aliphatic rings. The maximum absolute atomic E-state index is 12.1. The summed E-state index contributed by atoms with van der Waals surface area (Å²) in [4.78, 5) is 0. The number of hydrogen-bond donors (Lipinski definition) is 2. The summed E-state index contributed by atoms with van der Waals surface area (Å²) in [6.45, 7) is -0.0365. The van der Waals surface area contributed by atoms with E-state index < -0.39 is 20.0 Å². The third-order valence-corrected chi connectivity index (χ3v) is 7.34. The highest BCUT2D eigenvalue weighted by molar-refractivity contribution is 7.94. The Balaban J connectivity index is 2.19. The normalized spacial score (nSPS) is 12.5. The molecule has 11 heteroatoms. The maximum Gasteiger partial charge on any atom is 0.250 e. The van der Waals surface area contributed by atoms with Crippen molar-refractivity contribution in [3.63, 3.8) is 0 Å². The molecule has 1 heterocycles. The molecule has 0 unspecified atom stereocenters. The molecule has 3 N–H and O–H groups in total. The first-order valence-corrected chi connectivity index (χ1v) is 10.3. The van der Waals surface area contributed by atoms with E-state index >= 15 is 0 Å². The van der Waals surface area contributed by atoms with E-state index in [4.69, 9.17) is 28.3 Å². The predicted octanol–water partition coefficient (Wildman–Crippen LogP) is 2.18.